The normalized spacial score (nSPS) is 22.0. The standard InChI is InChI=1S/C18H24N4O3S3/c1-21-17(15-7-4-9-26-15)19-20-18(21)27-11-16(23)22(13-5-2-3-6-13)14-8-10-28(24,25)12-14/h4,7,9,13-14H,2-3,5-6,8,10-12H2,1H3. The van der Waals surface area contributed by atoms with Crippen LogP contribution in [0.15, 0.2) is 22.7 Å². The Morgan fingerprint density at radius 1 is 1.29 bits per heavy atom. The topological polar surface area (TPSA) is 85.2 Å². The van der Waals surface area contributed by atoms with Gasteiger partial charge in [-0.05, 0) is 30.7 Å². The molecule has 1 atom stereocenters. The van der Waals surface area contributed by atoms with Gasteiger partial charge in [-0.3, -0.25) is 4.79 Å². The minimum Gasteiger partial charge on any atom is -0.335 e. The third-order valence-electron chi connectivity index (χ3n) is 5.51. The number of nitrogens with zero attached hydrogens (tertiary/aromatic N) is 4. The Kier molecular flexibility index (Phi) is 5.80. The van der Waals surface area contributed by atoms with Crippen molar-refractivity contribution >= 4 is 38.8 Å². The van der Waals surface area contributed by atoms with Gasteiger partial charge in [0.15, 0.2) is 20.8 Å². The zero-order valence-electron chi connectivity index (χ0n) is 15.8. The summed E-state index contributed by atoms with van der Waals surface area (Å²) in [5.41, 5.74) is 0. The van der Waals surface area contributed by atoms with Crippen LogP contribution in [0.4, 0.5) is 0 Å². The van der Waals surface area contributed by atoms with Gasteiger partial charge >= 0.3 is 0 Å². The number of carbonyl (C=O) groups is 1. The van der Waals surface area contributed by atoms with Gasteiger partial charge in [0.05, 0.1) is 22.1 Å². The van der Waals surface area contributed by atoms with Gasteiger partial charge in [0, 0.05) is 19.1 Å². The molecule has 2 aromatic heterocycles. The van der Waals surface area contributed by atoms with Crippen molar-refractivity contribution < 1.29 is 13.2 Å². The molecular weight excluding hydrogens is 416 g/mol. The van der Waals surface area contributed by atoms with Gasteiger partial charge in [0.2, 0.25) is 5.91 Å². The summed E-state index contributed by atoms with van der Waals surface area (Å²) in [6.07, 6.45) is 4.71. The first-order chi connectivity index (χ1) is 13.4. The molecule has 152 valence electrons. The van der Waals surface area contributed by atoms with Crippen LogP contribution in [0.2, 0.25) is 0 Å². The molecule has 3 heterocycles. The van der Waals surface area contributed by atoms with E-state index in [4.69, 9.17) is 0 Å². The number of rotatable bonds is 6. The highest BCUT2D eigenvalue weighted by molar-refractivity contribution is 7.99. The van der Waals surface area contributed by atoms with Crippen LogP contribution in [-0.2, 0) is 21.7 Å². The number of amides is 1. The lowest BCUT2D eigenvalue weighted by Crippen LogP contribution is -2.47. The molecule has 0 bridgehead atoms. The molecule has 0 N–H and O–H groups in total. The van der Waals surface area contributed by atoms with E-state index < -0.39 is 9.84 Å². The molecule has 2 aliphatic rings. The first-order valence-corrected chi connectivity index (χ1v) is 13.2. The molecule has 0 radical (unpaired) electrons. The highest BCUT2D eigenvalue weighted by atomic mass is 32.2. The number of sulfone groups is 1. The Hall–Kier alpha value is -1.39. The Bertz CT molecular complexity index is 933. The highest BCUT2D eigenvalue weighted by Crippen LogP contribution is 2.31. The van der Waals surface area contributed by atoms with Crippen molar-refractivity contribution in [1.82, 2.24) is 19.7 Å². The second-order valence-electron chi connectivity index (χ2n) is 7.43. The fourth-order valence-electron chi connectivity index (χ4n) is 4.14. The van der Waals surface area contributed by atoms with E-state index in [-0.39, 0.29) is 35.2 Å². The van der Waals surface area contributed by atoms with Gasteiger partial charge in [-0.25, -0.2) is 8.42 Å². The van der Waals surface area contributed by atoms with Gasteiger partial charge in [-0.1, -0.05) is 30.7 Å². The van der Waals surface area contributed by atoms with Gasteiger partial charge in [0.25, 0.3) is 0 Å². The maximum atomic E-state index is 13.1. The second kappa shape index (κ2) is 8.16. The Morgan fingerprint density at radius 3 is 2.71 bits per heavy atom. The highest BCUT2D eigenvalue weighted by Gasteiger charge is 2.39. The van der Waals surface area contributed by atoms with Crippen molar-refractivity contribution in [3.8, 4) is 10.7 Å². The van der Waals surface area contributed by atoms with E-state index in [1.807, 2.05) is 34.0 Å². The van der Waals surface area contributed by atoms with Crippen LogP contribution in [0.5, 0.6) is 0 Å². The lowest BCUT2D eigenvalue weighted by atomic mass is 10.1. The van der Waals surface area contributed by atoms with E-state index >= 15 is 0 Å². The fraction of sp³-hybridized carbons (Fsp3) is 0.611. The summed E-state index contributed by atoms with van der Waals surface area (Å²) in [7, 11) is -1.12. The van der Waals surface area contributed by atoms with Gasteiger partial charge < -0.3 is 9.47 Å². The molecule has 1 aliphatic heterocycles. The van der Waals surface area contributed by atoms with E-state index in [0.717, 1.165) is 36.4 Å². The van der Waals surface area contributed by atoms with Crippen LogP contribution >= 0.6 is 23.1 Å². The lowest BCUT2D eigenvalue weighted by molar-refractivity contribution is -0.132. The second-order valence-corrected chi connectivity index (χ2v) is 11.5. The number of hydrogen-bond donors (Lipinski definition) is 0. The van der Waals surface area contributed by atoms with E-state index in [0.29, 0.717) is 11.6 Å². The summed E-state index contributed by atoms with van der Waals surface area (Å²) >= 11 is 2.97. The molecule has 0 spiro atoms. The van der Waals surface area contributed by atoms with Gasteiger partial charge in [-0.2, -0.15) is 0 Å². The third kappa shape index (κ3) is 4.13. The van der Waals surface area contributed by atoms with Crippen molar-refractivity contribution in [2.75, 3.05) is 17.3 Å². The number of thiophene rings is 1. The molecule has 10 heteroatoms. The average Bonchev–Trinajstić information content (AvgIpc) is 3.42. The molecule has 2 fully saturated rings. The van der Waals surface area contributed by atoms with Crippen molar-refractivity contribution in [3.63, 3.8) is 0 Å². The molecule has 2 aromatic rings. The summed E-state index contributed by atoms with van der Waals surface area (Å²) in [6.45, 7) is 0. The van der Waals surface area contributed by atoms with Crippen molar-refractivity contribution in [3.05, 3.63) is 17.5 Å². The van der Waals surface area contributed by atoms with Crippen LogP contribution in [0.25, 0.3) is 10.7 Å². The van der Waals surface area contributed by atoms with E-state index in [2.05, 4.69) is 10.2 Å². The third-order valence-corrected chi connectivity index (χ3v) is 9.13. The fourth-order valence-corrected chi connectivity index (χ4v) is 7.38. The SMILES string of the molecule is Cn1c(SCC(=O)N(C2CCCC2)C2CCS(=O)(=O)C2)nnc1-c1cccs1. The molecule has 1 amide bonds. The molecule has 1 saturated heterocycles. The summed E-state index contributed by atoms with van der Waals surface area (Å²) in [4.78, 5) is 16.0. The quantitative estimate of drug-likeness (QED) is 0.642. The van der Waals surface area contributed by atoms with Gasteiger partial charge in [0.1, 0.15) is 0 Å². The molecule has 1 saturated carbocycles. The zero-order valence-corrected chi connectivity index (χ0v) is 18.2. The zero-order chi connectivity index (χ0) is 19.7. The van der Waals surface area contributed by atoms with Crippen LogP contribution in [0.1, 0.15) is 32.1 Å². The number of thioether (sulfide) groups is 1. The first kappa shape index (κ1) is 19.9. The van der Waals surface area contributed by atoms with E-state index in [9.17, 15) is 13.2 Å². The molecule has 1 aliphatic carbocycles. The molecule has 4 rings (SSSR count). The molecule has 1 unspecified atom stereocenters. The van der Waals surface area contributed by atoms with E-state index in [1.165, 1.54) is 11.8 Å². The van der Waals surface area contributed by atoms with Crippen LogP contribution in [-0.4, -0.2) is 63.3 Å². The maximum Gasteiger partial charge on any atom is 0.233 e. The largest absolute Gasteiger partial charge is 0.335 e. The minimum atomic E-state index is -3.03. The monoisotopic (exact) mass is 440 g/mol. The van der Waals surface area contributed by atoms with Crippen LogP contribution in [0, 0.1) is 0 Å². The minimum absolute atomic E-state index is 0.0136. The maximum absolute atomic E-state index is 13.1. The summed E-state index contributed by atoms with van der Waals surface area (Å²) in [6, 6.07) is 3.96. The number of aromatic nitrogens is 3. The van der Waals surface area contributed by atoms with Crippen LogP contribution in [0.3, 0.4) is 0 Å². The smallest absolute Gasteiger partial charge is 0.233 e. The summed E-state index contributed by atoms with van der Waals surface area (Å²) in [5, 5.41) is 11.2. The number of hydrogen-bond acceptors (Lipinski definition) is 7. The summed E-state index contributed by atoms with van der Waals surface area (Å²) in [5.74, 6) is 1.35. The molecule has 28 heavy (non-hydrogen) atoms. The Labute approximate surface area is 173 Å². The van der Waals surface area contributed by atoms with Crippen molar-refractivity contribution in [2.45, 2.75) is 49.3 Å². The predicted octanol–water partition coefficient (Wildman–Crippen LogP) is 2.59. The van der Waals surface area contributed by atoms with Crippen molar-refractivity contribution in [1.29, 1.82) is 0 Å². The predicted molar refractivity (Wildman–Crippen MR) is 111 cm³/mol. The Balaban J connectivity index is 1.46. The Morgan fingerprint density at radius 2 is 2.07 bits per heavy atom. The van der Waals surface area contributed by atoms with Gasteiger partial charge in [-0.15, -0.1) is 21.5 Å². The van der Waals surface area contributed by atoms with E-state index in [1.54, 1.807) is 11.3 Å². The van der Waals surface area contributed by atoms with Crippen molar-refractivity contribution in [2.24, 2.45) is 7.05 Å². The lowest BCUT2D eigenvalue weighted by Gasteiger charge is -2.34. The first-order valence-electron chi connectivity index (χ1n) is 9.52. The van der Waals surface area contributed by atoms with Crippen LogP contribution < -0.4 is 0 Å². The summed E-state index contributed by atoms with van der Waals surface area (Å²) < 4.78 is 25.8. The average molecular weight is 441 g/mol. The number of carbonyl (C=O) groups excluding carboxylic acids is 1. The molecule has 0 aromatic carbocycles. The molecular formula is C18H24N4O3S3. The molecule has 7 nitrogen and oxygen atoms in total.